The van der Waals surface area contributed by atoms with E-state index in [4.69, 9.17) is 27.9 Å². The van der Waals surface area contributed by atoms with Gasteiger partial charge in [0.1, 0.15) is 11.4 Å². The normalized spacial score (nSPS) is 10.7. The van der Waals surface area contributed by atoms with Crippen LogP contribution in [0.2, 0.25) is 10.0 Å². The molecule has 118 valence electrons. The van der Waals surface area contributed by atoms with Gasteiger partial charge < -0.3 is 4.74 Å². The largest absolute Gasteiger partial charge is 0.494 e. The first kappa shape index (κ1) is 16.1. The maximum absolute atomic E-state index is 6.20. The Hall–Kier alpha value is -1.76. The van der Waals surface area contributed by atoms with E-state index < -0.39 is 0 Å². The molecule has 0 fully saturated rings. The molecule has 3 rings (SSSR count). The number of ether oxygens (including phenoxy) is 1. The summed E-state index contributed by atoms with van der Waals surface area (Å²) in [6, 6.07) is 13.0. The summed E-state index contributed by atoms with van der Waals surface area (Å²) in [7, 11) is 1.61. The number of benzene rings is 2. The van der Waals surface area contributed by atoms with Crippen molar-refractivity contribution in [1.82, 2.24) is 20.2 Å². The van der Waals surface area contributed by atoms with Gasteiger partial charge in [-0.2, -0.15) is 4.68 Å². The van der Waals surface area contributed by atoms with Gasteiger partial charge in [-0.1, -0.05) is 53.2 Å². The second kappa shape index (κ2) is 7.21. The molecule has 0 unspecified atom stereocenters. The summed E-state index contributed by atoms with van der Waals surface area (Å²) >= 11 is 13.6. The Balaban J connectivity index is 1.84. The standard InChI is InChI=1S/C15H12Cl2N4OS/c1-22-14-5-3-2-4-13(14)21-15(18-19-20-21)23-9-10-6-7-11(16)8-12(10)17/h2-8H,9H2,1H3. The van der Waals surface area contributed by atoms with Gasteiger partial charge in [0.2, 0.25) is 5.16 Å². The smallest absolute Gasteiger partial charge is 0.214 e. The minimum absolute atomic E-state index is 0.614. The number of hydrogen-bond acceptors (Lipinski definition) is 5. The number of halogens is 2. The van der Waals surface area contributed by atoms with Crippen molar-refractivity contribution >= 4 is 35.0 Å². The van der Waals surface area contributed by atoms with E-state index in [1.807, 2.05) is 36.4 Å². The van der Waals surface area contributed by atoms with E-state index in [9.17, 15) is 0 Å². The lowest BCUT2D eigenvalue weighted by atomic mass is 10.2. The summed E-state index contributed by atoms with van der Waals surface area (Å²) in [5, 5.41) is 13.8. The Labute approximate surface area is 147 Å². The van der Waals surface area contributed by atoms with Crippen LogP contribution in [0.3, 0.4) is 0 Å². The third kappa shape index (κ3) is 3.60. The molecule has 0 N–H and O–H groups in total. The minimum atomic E-state index is 0.614. The molecule has 5 nitrogen and oxygen atoms in total. The molecular weight excluding hydrogens is 355 g/mol. The highest BCUT2D eigenvalue weighted by Crippen LogP contribution is 2.30. The van der Waals surface area contributed by atoms with Crippen LogP contribution in [0.5, 0.6) is 5.75 Å². The van der Waals surface area contributed by atoms with Crippen LogP contribution in [0.1, 0.15) is 5.56 Å². The predicted molar refractivity (Wildman–Crippen MR) is 91.7 cm³/mol. The monoisotopic (exact) mass is 366 g/mol. The molecule has 0 spiro atoms. The molecule has 0 saturated carbocycles. The zero-order valence-corrected chi connectivity index (χ0v) is 14.4. The van der Waals surface area contributed by atoms with Crippen molar-refractivity contribution < 1.29 is 4.74 Å². The molecule has 0 aliphatic rings. The molecule has 1 heterocycles. The van der Waals surface area contributed by atoms with Crippen LogP contribution in [-0.2, 0) is 5.75 Å². The first-order valence-corrected chi connectivity index (χ1v) is 8.41. The summed E-state index contributed by atoms with van der Waals surface area (Å²) in [6.45, 7) is 0. The van der Waals surface area contributed by atoms with Crippen molar-refractivity contribution in [2.24, 2.45) is 0 Å². The van der Waals surface area contributed by atoms with Crippen LogP contribution in [0.25, 0.3) is 5.69 Å². The average Bonchev–Trinajstić information content (AvgIpc) is 3.02. The molecule has 8 heteroatoms. The van der Waals surface area contributed by atoms with Crippen molar-refractivity contribution in [3.63, 3.8) is 0 Å². The molecule has 23 heavy (non-hydrogen) atoms. The molecule has 0 aliphatic carbocycles. The summed E-state index contributed by atoms with van der Waals surface area (Å²) < 4.78 is 7.00. The first-order valence-electron chi connectivity index (χ1n) is 6.67. The lowest BCUT2D eigenvalue weighted by Gasteiger charge is -2.09. The van der Waals surface area contributed by atoms with Gasteiger partial charge in [0.05, 0.1) is 7.11 Å². The Morgan fingerprint density at radius 2 is 2.00 bits per heavy atom. The number of thioether (sulfide) groups is 1. The van der Waals surface area contributed by atoms with Crippen molar-refractivity contribution in [2.75, 3.05) is 7.11 Å². The van der Waals surface area contributed by atoms with Gasteiger partial charge in [-0.05, 0) is 40.3 Å². The topological polar surface area (TPSA) is 52.8 Å². The molecule has 0 atom stereocenters. The highest BCUT2D eigenvalue weighted by molar-refractivity contribution is 7.98. The van der Waals surface area contributed by atoms with E-state index in [1.54, 1.807) is 17.9 Å². The zero-order valence-electron chi connectivity index (χ0n) is 12.1. The highest BCUT2D eigenvalue weighted by atomic mass is 35.5. The number of tetrazole rings is 1. The van der Waals surface area contributed by atoms with Crippen molar-refractivity contribution in [3.05, 3.63) is 58.1 Å². The summed E-state index contributed by atoms with van der Waals surface area (Å²) in [5.74, 6) is 1.33. The Morgan fingerprint density at radius 3 is 2.78 bits per heavy atom. The third-order valence-electron chi connectivity index (χ3n) is 3.13. The maximum Gasteiger partial charge on any atom is 0.214 e. The molecule has 0 amide bonds. The fourth-order valence-corrected chi connectivity index (χ4v) is 3.45. The molecule has 2 aromatic carbocycles. The lowest BCUT2D eigenvalue weighted by Crippen LogP contribution is -2.01. The van der Waals surface area contributed by atoms with E-state index >= 15 is 0 Å². The molecule has 0 bridgehead atoms. The average molecular weight is 367 g/mol. The van der Waals surface area contributed by atoms with E-state index in [-0.39, 0.29) is 0 Å². The summed E-state index contributed by atoms with van der Waals surface area (Å²) in [5.41, 5.74) is 1.75. The van der Waals surface area contributed by atoms with Crippen LogP contribution in [-0.4, -0.2) is 27.3 Å². The number of aromatic nitrogens is 4. The van der Waals surface area contributed by atoms with E-state index in [2.05, 4.69) is 15.5 Å². The Kier molecular flexibility index (Phi) is 5.05. The first-order chi connectivity index (χ1) is 11.2. The maximum atomic E-state index is 6.20. The molecular formula is C15H12Cl2N4OS. The van der Waals surface area contributed by atoms with Gasteiger partial charge >= 0.3 is 0 Å². The third-order valence-corrected chi connectivity index (χ3v) is 4.68. The lowest BCUT2D eigenvalue weighted by molar-refractivity contribution is 0.410. The van der Waals surface area contributed by atoms with Gasteiger partial charge in [-0.25, -0.2) is 0 Å². The van der Waals surface area contributed by atoms with Crippen LogP contribution in [0.15, 0.2) is 47.6 Å². The minimum Gasteiger partial charge on any atom is -0.494 e. The second-order valence-corrected chi connectivity index (χ2v) is 6.36. The second-order valence-electron chi connectivity index (χ2n) is 4.57. The highest BCUT2D eigenvalue weighted by Gasteiger charge is 2.13. The predicted octanol–water partition coefficient (Wildman–Crippen LogP) is 4.27. The molecule has 1 aromatic heterocycles. The quantitative estimate of drug-likeness (QED) is 0.631. The number of rotatable bonds is 5. The van der Waals surface area contributed by atoms with E-state index in [1.165, 1.54) is 11.8 Å². The number of nitrogens with zero attached hydrogens (tertiary/aromatic N) is 4. The zero-order chi connectivity index (χ0) is 16.2. The van der Waals surface area contributed by atoms with Crippen LogP contribution >= 0.6 is 35.0 Å². The molecule has 3 aromatic rings. The van der Waals surface area contributed by atoms with Crippen LogP contribution < -0.4 is 4.74 Å². The van der Waals surface area contributed by atoms with Crippen LogP contribution in [0, 0.1) is 0 Å². The fraction of sp³-hybridized carbons (Fsp3) is 0.133. The molecule has 0 radical (unpaired) electrons. The van der Waals surface area contributed by atoms with E-state index in [0.717, 1.165) is 11.3 Å². The number of para-hydroxylation sites is 2. The van der Waals surface area contributed by atoms with Crippen molar-refractivity contribution in [1.29, 1.82) is 0 Å². The molecule has 0 saturated heterocycles. The Morgan fingerprint density at radius 1 is 1.17 bits per heavy atom. The van der Waals surface area contributed by atoms with E-state index in [0.29, 0.717) is 26.7 Å². The molecule has 0 aliphatic heterocycles. The van der Waals surface area contributed by atoms with Crippen LogP contribution in [0.4, 0.5) is 0 Å². The fourth-order valence-electron chi connectivity index (χ4n) is 2.01. The van der Waals surface area contributed by atoms with Gasteiger partial charge in [0.25, 0.3) is 0 Å². The number of methoxy groups -OCH3 is 1. The SMILES string of the molecule is COc1ccccc1-n1nnnc1SCc1ccc(Cl)cc1Cl. The van der Waals surface area contributed by atoms with Gasteiger partial charge in [-0.3, -0.25) is 0 Å². The van der Waals surface area contributed by atoms with Gasteiger partial charge in [-0.15, -0.1) is 5.10 Å². The number of hydrogen-bond donors (Lipinski definition) is 0. The Bertz CT molecular complexity index is 825. The summed E-state index contributed by atoms with van der Waals surface area (Å²) in [6.07, 6.45) is 0. The van der Waals surface area contributed by atoms with Gasteiger partial charge in [0, 0.05) is 15.8 Å². The summed E-state index contributed by atoms with van der Waals surface area (Å²) in [4.78, 5) is 0. The van der Waals surface area contributed by atoms with Crippen molar-refractivity contribution in [3.8, 4) is 11.4 Å². The van der Waals surface area contributed by atoms with Crippen molar-refractivity contribution in [2.45, 2.75) is 10.9 Å². The van der Waals surface area contributed by atoms with Gasteiger partial charge in [0.15, 0.2) is 0 Å².